The number of hydrogen-bond donors (Lipinski definition) is 6. The highest BCUT2D eigenvalue weighted by molar-refractivity contribution is 5.89. The van der Waals surface area contributed by atoms with Crippen LogP contribution < -0.4 is 10.2 Å². The van der Waals surface area contributed by atoms with Crippen LogP contribution in [0.3, 0.4) is 0 Å². The smallest absolute Gasteiger partial charge is 0.229 e. The molecule has 0 bridgehead atoms. The fourth-order valence-electron chi connectivity index (χ4n) is 3.61. The molecule has 1 saturated heterocycles. The fraction of sp³-hybridized carbons (Fsp3) is 0.273. The summed E-state index contributed by atoms with van der Waals surface area (Å²) >= 11 is 0. The summed E-state index contributed by atoms with van der Waals surface area (Å²) in [5.41, 5.74) is -0.710. The van der Waals surface area contributed by atoms with Crippen LogP contribution in [0.5, 0.6) is 17.2 Å². The molecule has 4 rings (SSSR count). The molecule has 11 heteroatoms. The minimum absolute atomic E-state index is 0.0414. The van der Waals surface area contributed by atoms with Crippen molar-refractivity contribution >= 4 is 11.0 Å². The third-order valence-electron chi connectivity index (χ3n) is 5.31. The number of aliphatic hydroxyl groups excluding tert-OH is 4. The van der Waals surface area contributed by atoms with Crippen LogP contribution in [-0.4, -0.2) is 68.0 Å². The van der Waals surface area contributed by atoms with Crippen molar-refractivity contribution in [1.29, 1.82) is 5.26 Å². The van der Waals surface area contributed by atoms with Gasteiger partial charge in [0.05, 0.1) is 12.2 Å². The summed E-state index contributed by atoms with van der Waals surface area (Å²) in [4.78, 5) is 13.1. The van der Waals surface area contributed by atoms with E-state index in [2.05, 4.69) is 0 Å². The number of ether oxygens (including phenoxy) is 2. The van der Waals surface area contributed by atoms with E-state index in [1.807, 2.05) is 0 Å². The average molecular weight is 457 g/mol. The molecule has 1 aromatic heterocycles. The number of nitriles is 1. The van der Waals surface area contributed by atoms with Gasteiger partial charge in [0.25, 0.3) is 0 Å². The van der Waals surface area contributed by atoms with E-state index in [1.54, 1.807) is 6.07 Å². The lowest BCUT2D eigenvalue weighted by Gasteiger charge is -2.39. The Labute approximate surface area is 185 Å². The molecule has 1 fully saturated rings. The van der Waals surface area contributed by atoms with Gasteiger partial charge in [-0.15, -0.1) is 0 Å². The van der Waals surface area contributed by atoms with E-state index < -0.39 is 48.5 Å². The van der Waals surface area contributed by atoms with E-state index in [1.165, 1.54) is 30.3 Å². The normalized spacial score (nSPS) is 25.0. The van der Waals surface area contributed by atoms with Crippen LogP contribution in [-0.2, 0) is 4.74 Å². The topological polar surface area (TPSA) is 194 Å². The third kappa shape index (κ3) is 3.97. The molecule has 0 amide bonds. The van der Waals surface area contributed by atoms with Crippen LogP contribution in [0.1, 0.15) is 5.76 Å². The Kier molecular flexibility index (Phi) is 5.94. The zero-order chi connectivity index (χ0) is 23.9. The van der Waals surface area contributed by atoms with Gasteiger partial charge in [-0.2, -0.15) is 5.26 Å². The first-order valence-corrected chi connectivity index (χ1v) is 9.75. The lowest BCUT2D eigenvalue weighted by Crippen LogP contribution is -2.60. The molecule has 11 nitrogen and oxygen atoms in total. The van der Waals surface area contributed by atoms with E-state index >= 15 is 0 Å². The van der Waals surface area contributed by atoms with Crippen molar-refractivity contribution in [3.05, 3.63) is 52.4 Å². The largest absolute Gasteiger partial charge is 0.508 e. The molecule has 0 spiro atoms. The zero-order valence-corrected chi connectivity index (χ0v) is 16.8. The molecular weight excluding hydrogens is 438 g/mol. The Morgan fingerprint density at radius 2 is 1.73 bits per heavy atom. The van der Waals surface area contributed by atoms with E-state index in [0.29, 0.717) is 5.56 Å². The fourth-order valence-corrected chi connectivity index (χ4v) is 3.61. The number of rotatable bonds is 4. The molecule has 172 valence electrons. The number of aliphatic hydroxyl groups is 4. The Hall–Kier alpha value is -3.66. The number of fused-ring (bicyclic) bond motifs is 1. The van der Waals surface area contributed by atoms with E-state index in [9.17, 15) is 40.7 Å². The van der Waals surface area contributed by atoms with Crippen LogP contribution in [0, 0.1) is 11.3 Å². The predicted octanol–water partition coefficient (Wildman–Crippen LogP) is -0.0784. The molecule has 2 aromatic carbocycles. The number of phenolic OH excluding ortho intramolecular Hbond substituents is 2. The summed E-state index contributed by atoms with van der Waals surface area (Å²) < 4.78 is 16.3. The van der Waals surface area contributed by atoms with Crippen LogP contribution in [0.25, 0.3) is 22.1 Å². The second kappa shape index (κ2) is 8.70. The van der Waals surface area contributed by atoms with Crippen molar-refractivity contribution < 1.29 is 44.5 Å². The van der Waals surface area contributed by atoms with Crippen LogP contribution in [0.2, 0.25) is 0 Å². The third-order valence-corrected chi connectivity index (χ3v) is 5.31. The molecule has 0 aliphatic carbocycles. The van der Waals surface area contributed by atoms with Gasteiger partial charge in [0, 0.05) is 12.1 Å². The number of nitrogens with zero attached hydrogens (tertiary/aromatic N) is 1. The van der Waals surface area contributed by atoms with E-state index in [4.69, 9.17) is 13.9 Å². The Morgan fingerprint density at radius 1 is 1.03 bits per heavy atom. The molecule has 1 aliphatic heterocycles. The van der Waals surface area contributed by atoms with E-state index in [-0.39, 0.29) is 33.8 Å². The summed E-state index contributed by atoms with van der Waals surface area (Å²) in [7, 11) is 0. The van der Waals surface area contributed by atoms with E-state index in [0.717, 1.165) is 6.07 Å². The lowest BCUT2D eigenvalue weighted by atomic mass is 9.99. The number of aromatic hydroxyl groups is 2. The maximum absolute atomic E-state index is 13.1. The van der Waals surface area contributed by atoms with Crippen molar-refractivity contribution in [2.75, 3.05) is 6.61 Å². The van der Waals surface area contributed by atoms with Crippen molar-refractivity contribution in [1.82, 2.24) is 0 Å². The highest BCUT2D eigenvalue weighted by Crippen LogP contribution is 2.34. The summed E-state index contributed by atoms with van der Waals surface area (Å²) in [6.07, 6.45) is -7.69. The predicted molar refractivity (Wildman–Crippen MR) is 110 cm³/mol. The molecule has 33 heavy (non-hydrogen) atoms. The van der Waals surface area contributed by atoms with Crippen molar-refractivity contribution in [2.45, 2.75) is 30.7 Å². The molecule has 0 saturated carbocycles. The number of benzene rings is 2. The monoisotopic (exact) mass is 457 g/mol. The second-order valence-corrected chi connectivity index (χ2v) is 7.42. The van der Waals surface area contributed by atoms with Crippen LogP contribution in [0.15, 0.2) is 45.6 Å². The van der Waals surface area contributed by atoms with Gasteiger partial charge >= 0.3 is 0 Å². The summed E-state index contributed by atoms with van der Waals surface area (Å²) in [5.74, 6) is -1.08. The Balaban J connectivity index is 1.76. The Bertz CT molecular complexity index is 1280. The van der Waals surface area contributed by atoms with Gasteiger partial charge in [-0.3, -0.25) is 4.79 Å². The highest BCUT2D eigenvalue weighted by Gasteiger charge is 2.44. The highest BCUT2D eigenvalue weighted by atomic mass is 16.7. The molecule has 5 atom stereocenters. The van der Waals surface area contributed by atoms with Gasteiger partial charge in [-0.1, -0.05) is 12.1 Å². The number of phenols is 2. The lowest BCUT2D eigenvalue weighted by molar-refractivity contribution is -0.277. The minimum Gasteiger partial charge on any atom is -0.508 e. The molecule has 1 aliphatic rings. The van der Waals surface area contributed by atoms with Crippen LogP contribution >= 0.6 is 0 Å². The van der Waals surface area contributed by atoms with Gasteiger partial charge in [-0.05, 0) is 17.7 Å². The van der Waals surface area contributed by atoms with Gasteiger partial charge in [0.2, 0.25) is 17.5 Å². The molecule has 6 N–H and O–H groups in total. The van der Waals surface area contributed by atoms with Gasteiger partial charge in [0.1, 0.15) is 58.7 Å². The molecule has 3 aromatic rings. The van der Waals surface area contributed by atoms with Crippen molar-refractivity contribution in [3.63, 3.8) is 0 Å². The quantitative estimate of drug-likeness (QED) is 0.307. The van der Waals surface area contributed by atoms with Gasteiger partial charge in [0.15, 0.2) is 0 Å². The van der Waals surface area contributed by atoms with Crippen molar-refractivity contribution in [3.8, 4) is 34.4 Å². The van der Waals surface area contributed by atoms with Crippen LogP contribution in [0.4, 0.5) is 0 Å². The van der Waals surface area contributed by atoms with Gasteiger partial charge in [-0.25, -0.2) is 0 Å². The Morgan fingerprint density at radius 3 is 2.36 bits per heavy atom. The SMILES string of the molecule is N#Cc1oc2cc(O[C@@H]3OC(CO)[C@@H](O)C(O)C3O)cc(O)c2c(=O)c1-c1ccc(O)cc1. The summed E-state index contributed by atoms with van der Waals surface area (Å²) in [5, 5.41) is 68.4. The van der Waals surface area contributed by atoms with Gasteiger partial charge < -0.3 is 44.5 Å². The average Bonchev–Trinajstić information content (AvgIpc) is 2.79. The zero-order valence-electron chi connectivity index (χ0n) is 16.8. The molecular formula is C22H19NO10. The maximum atomic E-state index is 13.1. The molecule has 3 unspecified atom stereocenters. The standard InChI is InChI=1S/C22H19NO10/c23-7-14-16(9-1-3-10(25)4-2-9)19(28)17-12(26)5-11(6-13(17)32-14)31-22-21(30)20(29)18(27)15(8-24)33-22/h1-6,15,18,20-22,24-27,29-30H,8H2/t15?,18-,20?,21?,22-/m1/s1. The first kappa shape index (κ1) is 22.5. The maximum Gasteiger partial charge on any atom is 0.229 e. The summed E-state index contributed by atoms with van der Waals surface area (Å²) in [6, 6.07) is 9.52. The second-order valence-electron chi connectivity index (χ2n) is 7.42. The minimum atomic E-state index is -1.70. The summed E-state index contributed by atoms with van der Waals surface area (Å²) in [6.45, 7) is -0.659. The first-order chi connectivity index (χ1) is 15.7. The number of hydrogen-bond acceptors (Lipinski definition) is 11. The van der Waals surface area contributed by atoms with Crippen molar-refractivity contribution in [2.24, 2.45) is 0 Å². The molecule has 2 heterocycles. The molecule has 0 radical (unpaired) electrons. The first-order valence-electron chi connectivity index (χ1n) is 9.75.